The van der Waals surface area contributed by atoms with Crippen LogP contribution in [0, 0.1) is 13.8 Å². The summed E-state index contributed by atoms with van der Waals surface area (Å²) in [6.45, 7) is 12.3. The first-order valence-corrected chi connectivity index (χ1v) is 11.4. The maximum atomic E-state index is 13.0. The summed E-state index contributed by atoms with van der Waals surface area (Å²) in [6.07, 6.45) is -0.104. The van der Waals surface area contributed by atoms with Gasteiger partial charge in [0.1, 0.15) is 5.75 Å². The summed E-state index contributed by atoms with van der Waals surface area (Å²) in [5.41, 5.74) is 4.98. The van der Waals surface area contributed by atoms with Crippen LogP contribution in [-0.4, -0.2) is 17.8 Å². The van der Waals surface area contributed by atoms with Crippen molar-refractivity contribution in [3.05, 3.63) is 94.5 Å². The van der Waals surface area contributed by atoms with Gasteiger partial charge in [-0.1, -0.05) is 76.2 Å². The first-order valence-electron chi connectivity index (χ1n) is 11.4. The second-order valence-corrected chi connectivity index (χ2v) is 9.51. The molecule has 1 atom stereocenters. The predicted molar refractivity (Wildman–Crippen MR) is 134 cm³/mol. The molecule has 0 heterocycles. The lowest BCUT2D eigenvalue weighted by molar-refractivity contribution is -0.122. The minimum Gasteiger partial charge on any atom is -0.480 e. The Bertz CT molecular complexity index is 1140. The van der Waals surface area contributed by atoms with E-state index in [-0.39, 0.29) is 17.1 Å². The van der Waals surface area contributed by atoms with Crippen LogP contribution in [-0.2, 0) is 10.2 Å². The standard InChI is InChI=1S/C29H33NO3/c1-7-25(33-26-17-19(2)11-12-20(26)3)28(32)30-24-10-8-9-22(18-24)27(31)21-13-15-23(16-14-21)29(4,5)6/h8-18,25H,7H2,1-6H3,(H,30,32)/t25-/m1/s1. The lowest BCUT2D eigenvalue weighted by atomic mass is 9.86. The molecule has 1 N–H and O–H groups in total. The van der Waals surface area contributed by atoms with Crippen LogP contribution in [0.3, 0.4) is 0 Å². The number of carbonyl (C=O) groups is 2. The fraction of sp³-hybridized carbons (Fsp3) is 0.310. The zero-order valence-electron chi connectivity index (χ0n) is 20.4. The van der Waals surface area contributed by atoms with Crippen molar-refractivity contribution in [2.45, 2.75) is 59.5 Å². The van der Waals surface area contributed by atoms with Crippen LogP contribution in [0.4, 0.5) is 5.69 Å². The number of amides is 1. The highest BCUT2D eigenvalue weighted by Crippen LogP contribution is 2.24. The lowest BCUT2D eigenvalue weighted by Crippen LogP contribution is -2.32. The van der Waals surface area contributed by atoms with Crippen LogP contribution in [0.5, 0.6) is 5.75 Å². The highest BCUT2D eigenvalue weighted by atomic mass is 16.5. The lowest BCUT2D eigenvalue weighted by Gasteiger charge is -2.19. The molecule has 0 unspecified atom stereocenters. The molecular weight excluding hydrogens is 410 g/mol. The van der Waals surface area contributed by atoms with E-state index in [1.807, 2.05) is 63.2 Å². The number of nitrogens with one attached hydrogen (secondary N) is 1. The summed E-state index contributed by atoms with van der Waals surface area (Å²) in [7, 11) is 0. The Morgan fingerprint density at radius 1 is 0.909 bits per heavy atom. The van der Waals surface area contributed by atoms with E-state index in [1.165, 1.54) is 5.56 Å². The molecule has 172 valence electrons. The van der Waals surface area contributed by atoms with Crippen molar-refractivity contribution in [1.29, 1.82) is 0 Å². The zero-order valence-corrected chi connectivity index (χ0v) is 20.4. The van der Waals surface area contributed by atoms with E-state index < -0.39 is 6.10 Å². The second kappa shape index (κ2) is 10.0. The highest BCUT2D eigenvalue weighted by Gasteiger charge is 2.20. The van der Waals surface area contributed by atoms with E-state index in [1.54, 1.807) is 24.3 Å². The normalized spacial score (nSPS) is 12.2. The van der Waals surface area contributed by atoms with E-state index in [0.717, 1.165) is 11.1 Å². The third kappa shape index (κ3) is 6.10. The third-order valence-electron chi connectivity index (χ3n) is 5.68. The molecule has 0 fully saturated rings. The van der Waals surface area contributed by atoms with Crippen molar-refractivity contribution in [2.75, 3.05) is 5.32 Å². The summed E-state index contributed by atoms with van der Waals surface area (Å²) in [4.78, 5) is 25.9. The summed E-state index contributed by atoms with van der Waals surface area (Å²) in [5.74, 6) is 0.391. The van der Waals surface area contributed by atoms with E-state index in [0.29, 0.717) is 29.0 Å². The van der Waals surface area contributed by atoms with E-state index in [2.05, 4.69) is 26.1 Å². The van der Waals surface area contributed by atoms with Gasteiger partial charge in [-0.3, -0.25) is 9.59 Å². The number of anilines is 1. The Balaban J connectivity index is 1.74. The van der Waals surface area contributed by atoms with Crippen LogP contribution in [0.15, 0.2) is 66.7 Å². The number of hydrogen-bond acceptors (Lipinski definition) is 3. The topological polar surface area (TPSA) is 55.4 Å². The van der Waals surface area contributed by atoms with Gasteiger partial charge in [0.25, 0.3) is 5.91 Å². The number of benzene rings is 3. The molecule has 0 aliphatic carbocycles. The van der Waals surface area contributed by atoms with Gasteiger partial charge >= 0.3 is 0 Å². The van der Waals surface area contributed by atoms with E-state index >= 15 is 0 Å². The minimum absolute atomic E-state index is 0.0284. The molecule has 0 aromatic heterocycles. The van der Waals surface area contributed by atoms with Gasteiger partial charge in [0.2, 0.25) is 0 Å². The summed E-state index contributed by atoms with van der Waals surface area (Å²) in [5, 5.41) is 2.91. The first kappa shape index (κ1) is 24.2. The molecule has 3 rings (SSSR count). The molecule has 3 aromatic carbocycles. The van der Waals surface area contributed by atoms with Gasteiger partial charge in [0.15, 0.2) is 11.9 Å². The Hall–Kier alpha value is -3.40. The van der Waals surface area contributed by atoms with Crippen LogP contribution in [0.25, 0.3) is 0 Å². The number of ether oxygens (including phenoxy) is 1. The molecule has 0 radical (unpaired) electrons. The molecule has 0 bridgehead atoms. The molecule has 3 aromatic rings. The van der Waals surface area contributed by atoms with Crippen molar-refractivity contribution < 1.29 is 14.3 Å². The van der Waals surface area contributed by atoms with Crippen molar-refractivity contribution in [1.82, 2.24) is 0 Å². The maximum Gasteiger partial charge on any atom is 0.265 e. The Labute approximate surface area is 197 Å². The Morgan fingerprint density at radius 2 is 1.61 bits per heavy atom. The molecular formula is C29H33NO3. The summed E-state index contributed by atoms with van der Waals surface area (Å²) in [6, 6.07) is 20.7. The Morgan fingerprint density at radius 3 is 2.24 bits per heavy atom. The quantitative estimate of drug-likeness (QED) is 0.417. The van der Waals surface area contributed by atoms with Crippen molar-refractivity contribution in [3.63, 3.8) is 0 Å². The largest absolute Gasteiger partial charge is 0.480 e. The molecule has 0 spiro atoms. The first-order chi connectivity index (χ1) is 15.6. The Kier molecular flexibility index (Phi) is 7.37. The fourth-order valence-electron chi connectivity index (χ4n) is 3.56. The van der Waals surface area contributed by atoms with Gasteiger partial charge in [-0.25, -0.2) is 0 Å². The van der Waals surface area contributed by atoms with Gasteiger partial charge in [-0.2, -0.15) is 0 Å². The molecule has 0 aliphatic heterocycles. The molecule has 4 heteroatoms. The molecule has 1 amide bonds. The van der Waals surface area contributed by atoms with Crippen LogP contribution in [0.2, 0.25) is 0 Å². The molecule has 0 aliphatic rings. The average molecular weight is 444 g/mol. The smallest absolute Gasteiger partial charge is 0.265 e. The second-order valence-electron chi connectivity index (χ2n) is 9.51. The SMILES string of the molecule is CC[C@@H](Oc1cc(C)ccc1C)C(=O)Nc1cccc(C(=O)c2ccc(C(C)(C)C)cc2)c1. The van der Waals surface area contributed by atoms with Crippen LogP contribution in [0.1, 0.15) is 66.7 Å². The minimum atomic E-state index is -0.630. The predicted octanol–water partition coefficient (Wildman–Crippen LogP) is 6.63. The monoisotopic (exact) mass is 443 g/mol. The summed E-state index contributed by atoms with van der Waals surface area (Å²) >= 11 is 0. The summed E-state index contributed by atoms with van der Waals surface area (Å²) < 4.78 is 6.02. The van der Waals surface area contributed by atoms with Gasteiger partial charge < -0.3 is 10.1 Å². The van der Waals surface area contributed by atoms with Crippen molar-refractivity contribution in [2.24, 2.45) is 0 Å². The van der Waals surface area contributed by atoms with Crippen molar-refractivity contribution in [3.8, 4) is 5.75 Å². The van der Waals surface area contributed by atoms with E-state index in [9.17, 15) is 9.59 Å². The van der Waals surface area contributed by atoms with Crippen molar-refractivity contribution >= 4 is 17.4 Å². The molecule has 0 saturated carbocycles. The van der Waals surface area contributed by atoms with Crippen LogP contribution < -0.4 is 10.1 Å². The maximum absolute atomic E-state index is 13.0. The average Bonchev–Trinajstić information content (AvgIpc) is 2.78. The van der Waals surface area contributed by atoms with Gasteiger partial charge in [0, 0.05) is 16.8 Å². The fourth-order valence-corrected chi connectivity index (χ4v) is 3.56. The van der Waals surface area contributed by atoms with Gasteiger partial charge in [-0.05, 0) is 60.6 Å². The third-order valence-corrected chi connectivity index (χ3v) is 5.68. The number of ketones is 1. The van der Waals surface area contributed by atoms with Gasteiger partial charge in [-0.15, -0.1) is 0 Å². The molecule has 4 nitrogen and oxygen atoms in total. The number of carbonyl (C=O) groups excluding carboxylic acids is 2. The number of hydrogen-bond donors (Lipinski definition) is 1. The molecule has 33 heavy (non-hydrogen) atoms. The zero-order chi connectivity index (χ0) is 24.2. The number of aryl methyl sites for hydroxylation is 2. The van der Waals surface area contributed by atoms with Gasteiger partial charge in [0.05, 0.1) is 0 Å². The number of rotatable bonds is 7. The highest BCUT2D eigenvalue weighted by molar-refractivity contribution is 6.09. The molecule has 0 saturated heterocycles. The van der Waals surface area contributed by atoms with Crippen LogP contribution >= 0.6 is 0 Å². The van der Waals surface area contributed by atoms with E-state index in [4.69, 9.17) is 4.74 Å².